The van der Waals surface area contributed by atoms with E-state index >= 15 is 0 Å². The van der Waals surface area contributed by atoms with Crippen molar-refractivity contribution in [2.75, 3.05) is 18.5 Å². The van der Waals surface area contributed by atoms with E-state index in [1.54, 1.807) is 0 Å². The van der Waals surface area contributed by atoms with Gasteiger partial charge in [-0.2, -0.15) is 0 Å². The molecule has 1 aromatic heterocycles. The fourth-order valence-corrected chi connectivity index (χ4v) is 2.44. The zero-order valence-electron chi connectivity index (χ0n) is 12.3. The van der Waals surface area contributed by atoms with Crippen molar-refractivity contribution < 1.29 is 4.74 Å². The summed E-state index contributed by atoms with van der Waals surface area (Å²) in [6.45, 7) is 5.64. The minimum absolute atomic E-state index is 0.227. The summed E-state index contributed by atoms with van der Waals surface area (Å²) in [6.07, 6.45) is 2.68. The van der Waals surface area contributed by atoms with Crippen molar-refractivity contribution in [2.45, 2.75) is 26.4 Å². The van der Waals surface area contributed by atoms with E-state index in [-0.39, 0.29) is 6.10 Å². The molecule has 2 aromatic rings. The third kappa shape index (κ3) is 4.38. The molecular weight excluding hydrogens is 377 g/mol. The highest BCUT2D eigenvalue weighted by Gasteiger charge is 2.18. The van der Waals surface area contributed by atoms with Gasteiger partial charge in [0.25, 0.3) is 0 Å². The fourth-order valence-electron chi connectivity index (χ4n) is 1.99. The molecule has 0 radical (unpaired) electrons. The number of rotatable bonds is 7. The molecule has 0 aliphatic carbocycles. The van der Waals surface area contributed by atoms with Gasteiger partial charge in [-0.05, 0) is 41.5 Å². The van der Waals surface area contributed by atoms with Crippen LogP contribution in [0.5, 0.6) is 0 Å². The second-order valence-electron chi connectivity index (χ2n) is 4.60. The van der Waals surface area contributed by atoms with Crippen LogP contribution in [-0.4, -0.2) is 23.1 Å². The number of benzene rings is 1. The minimum atomic E-state index is -0.227. The highest BCUT2D eigenvalue weighted by molar-refractivity contribution is 14.1. The highest BCUT2D eigenvalue weighted by atomic mass is 127. The Labute approximate surface area is 139 Å². The van der Waals surface area contributed by atoms with Crippen molar-refractivity contribution in [3.8, 4) is 0 Å². The monoisotopic (exact) mass is 397 g/mol. The van der Waals surface area contributed by atoms with E-state index in [0.717, 1.165) is 27.9 Å². The Balaban J connectivity index is 2.32. The highest BCUT2D eigenvalue weighted by Crippen LogP contribution is 2.25. The Bertz CT molecular complexity index is 563. The number of aromatic nitrogens is 2. The Hall–Kier alpha value is -1.21. The fraction of sp³-hybridized carbons (Fsp3) is 0.375. The number of nitrogens with one attached hydrogen (secondary N) is 1. The predicted octanol–water partition coefficient (Wildman–Crippen LogP) is 4.03. The molecule has 0 aliphatic heterocycles. The molecule has 5 heteroatoms. The second-order valence-corrected chi connectivity index (χ2v) is 5.76. The molecule has 0 bridgehead atoms. The molecular formula is C16H20IN3O. The summed E-state index contributed by atoms with van der Waals surface area (Å²) in [6, 6.07) is 10.1. The molecule has 0 amide bonds. The quantitative estimate of drug-likeness (QED) is 0.717. The Morgan fingerprint density at radius 1 is 1.24 bits per heavy atom. The largest absolute Gasteiger partial charge is 0.369 e. The third-order valence-electron chi connectivity index (χ3n) is 2.98. The van der Waals surface area contributed by atoms with Gasteiger partial charge in [0.2, 0.25) is 0 Å². The van der Waals surface area contributed by atoms with Crippen molar-refractivity contribution in [3.63, 3.8) is 0 Å². The van der Waals surface area contributed by atoms with E-state index in [0.29, 0.717) is 12.4 Å². The van der Waals surface area contributed by atoms with Gasteiger partial charge in [-0.1, -0.05) is 37.3 Å². The average molecular weight is 397 g/mol. The summed E-state index contributed by atoms with van der Waals surface area (Å²) in [5, 5.41) is 3.34. The molecule has 4 nitrogen and oxygen atoms in total. The summed E-state index contributed by atoms with van der Waals surface area (Å²) in [5.74, 6) is 1.57. The lowest BCUT2D eigenvalue weighted by molar-refractivity contribution is 0.0852. The predicted molar refractivity (Wildman–Crippen MR) is 93.4 cm³/mol. The van der Waals surface area contributed by atoms with Crippen LogP contribution < -0.4 is 5.32 Å². The topological polar surface area (TPSA) is 47.0 Å². The SMILES string of the molecule is CCCNc1nc(C(OCC)c2ccccc2)ncc1I. The number of hydrogen-bond donors (Lipinski definition) is 1. The maximum atomic E-state index is 5.86. The lowest BCUT2D eigenvalue weighted by Crippen LogP contribution is -2.13. The first-order valence-electron chi connectivity index (χ1n) is 7.19. The molecule has 0 saturated carbocycles. The van der Waals surface area contributed by atoms with E-state index in [4.69, 9.17) is 4.74 Å². The van der Waals surface area contributed by atoms with Gasteiger partial charge in [0.05, 0.1) is 3.57 Å². The first-order chi connectivity index (χ1) is 10.3. The van der Waals surface area contributed by atoms with Crippen LogP contribution in [0.1, 0.15) is 37.8 Å². The maximum Gasteiger partial charge on any atom is 0.164 e. The number of hydrogen-bond acceptors (Lipinski definition) is 4. The zero-order chi connectivity index (χ0) is 15.1. The Morgan fingerprint density at radius 2 is 2.00 bits per heavy atom. The van der Waals surface area contributed by atoms with E-state index < -0.39 is 0 Å². The first-order valence-corrected chi connectivity index (χ1v) is 8.27. The summed E-state index contributed by atoms with van der Waals surface area (Å²) in [5.41, 5.74) is 1.07. The van der Waals surface area contributed by atoms with Gasteiger partial charge in [0, 0.05) is 19.3 Å². The Morgan fingerprint density at radius 3 is 2.67 bits per heavy atom. The van der Waals surface area contributed by atoms with Gasteiger partial charge in [-0.25, -0.2) is 9.97 Å². The van der Waals surface area contributed by atoms with Crippen LogP contribution >= 0.6 is 22.6 Å². The summed E-state index contributed by atoms with van der Waals surface area (Å²) in [7, 11) is 0. The maximum absolute atomic E-state index is 5.86. The molecule has 21 heavy (non-hydrogen) atoms. The van der Waals surface area contributed by atoms with Crippen LogP contribution in [0.25, 0.3) is 0 Å². The van der Waals surface area contributed by atoms with E-state index in [1.807, 2.05) is 43.5 Å². The molecule has 112 valence electrons. The molecule has 2 rings (SSSR count). The van der Waals surface area contributed by atoms with Crippen LogP contribution in [0.15, 0.2) is 36.5 Å². The van der Waals surface area contributed by atoms with Crippen molar-refractivity contribution >= 4 is 28.4 Å². The summed E-state index contributed by atoms with van der Waals surface area (Å²) in [4.78, 5) is 9.11. The normalized spacial score (nSPS) is 12.1. The van der Waals surface area contributed by atoms with Crippen LogP contribution in [0, 0.1) is 3.57 Å². The van der Waals surface area contributed by atoms with Gasteiger partial charge >= 0.3 is 0 Å². The standard InChI is InChI=1S/C16H20IN3O/c1-3-10-18-15-13(17)11-19-16(20-15)14(21-4-2)12-8-6-5-7-9-12/h5-9,11,14H,3-4,10H2,1-2H3,(H,18,19,20). The number of ether oxygens (including phenoxy) is 1. The molecule has 0 fully saturated rings. The van der Waals surface area contributed by atoms with Crippen molar-refractivity contribution in [3.05, 3.63) is 51.5 Å². The van der Waals surface area contributed by atoms with Crippen LogP contribution in [-0.2, 0) is 4.74 Å². The summed E-state index contributed by atoms with van der Waals surface area (Å²) < 4.78 is 6.88. The van der Waals surface area contributed by atoms with Crippen molar-refractivity contribution in [2.24, 2.45) is 0 Å². The summed E-state index contributed by atoms with van der Waals surface area (Å²) >= 11 is 2.25. The zero-order valence-corrected chi connectivity index (χ0v) is 14.5. The lowest BCUT2D eigenvalue weighted by Gasteiger charge is -2.17. The lowest BCUT2D eigenvalue weighted by atomic mass is 10.1. The smallest absolute Gasteiger partial charge is 0.164 e. The van der Waals surface area contributed by atoms with Crippen LogP contribution in [0.3, 0.4) is 0 Å². The van der Waals surface area contributed by atoms with Gasteiger partial charge in [-0.3, -0.25) is 0 Å². The molecule has 1 N–H and O–H groups in total. The number of nitrogens with zero attached hydrogens (tertiary/aromatic N) is 2. The average Bonchev–Trinajstić information content (AvgIpc) is 2.53. The molecule has 1 heterocycles. The van der Waals surface area contributed by atoms with Gasteiger partial charge in [-0.15, -0.1) is 0 Å². The molecule has 0 spiro atoms. The van der Waals surface area contributed by atoms with E-state index in [9.17, 15) is 0 Å². The van der Waals surface area contributed by atoms with Crippen LogP contribution in [0.2, 0.25) is 0 Å². The van der Waals surface area contributed by atoms with Gasteiger partial charge in [0.1, 0.15) is 11.9 Å². The van der Waals surface area contributed by atoms with E-state index in [2.05, 4.69) is 44.8 Å². The molecule has 1 atom stereocenters. The van der Waals surface area contributed by atoms with Crippen LogP contribution in [0.4, 0.5) is 5.82 Å². The van der Waals surface area contributed by atoms with Crippen molar-refractivity contribution in [1.82, 2.24) is 9.97 Å². The van der Waals surface area contributed by atoms with Gasteiger partial charge < -0.3 is 10.1 Å². The minimum Gasteiger partial charge on any atom is -0.369 e. The molecule has 1 aromatic carbocycles. The number of anilines is 1. The Kier molecular flexibility index (Phi) is 6.38. The van der Waals surface area contributed by atoms with Gasteiger partial charge in [0.15, 0.2) is 5.82 Å². The van der Waals surface area contributed by atoms with Crippen molar-refractivity contribution in [1.29, 1.82) is 0 Å². The third-order valence-corrected chi connectivity index (χ3v) is 3.76. The second kappa shape index (κ2) is 8.29. The first kappa shape index (κ1) is 16.2. The van der Waals surface area contributed by atoms with E-state index in [1.165, 1.54) is 0 Å². The molecule has 1 unspecified atom stereocenters. The molecule has 0 aliphatic rings. The number of halogens is 1. The molecule has 0 saturated heterocycles.